The van der Waals surface area contributed by atoms with Gasteiger partial charge >= 0.3 is 0 Å². The van der Waals surface area contributed by atoms with E-state index in [1.807, 2.05) is 0 Å². The van der Waals surface area contributed by atoms with Gasteiger partial charge in [-0.25, -0.2) is 4.39 Å². The van der Waals surface area contributed by atoms with Crippen molar-refractivity contribution in [1.29, 1.82) is 0 Å². The van der Waals surface area contributed by atoms with Gasteiger partial charge in [-0.05, 0) is 19.1 Å². The first-order valence-corrected chi connectivity index (χ1v) is 4.38. The molecule has 0 fully saturated rings. The van der Waals surface area contributed by atoms with Crippen molar-refractivity contribution in [1.82, 2.24) is 0 Å². The van der Waals surface area contributed by atoms with Crippen LogP contribution in [0.1, 0.15) is 12.5 Å². The molecule has 1 aromatic carbocycles. The van der Waals surface area contributed by atoms with Crippen LogP contribution in [0.25, 0.3) is 0 Å². The smallest absolute Gasteiger partial charge is 0.135 e. The molecule has 0 spiro atoms. The summed E-state index contributed by atoms with van der Waals surface area (Å²) in [6.45, 7) is 1.59. The third-order valence-electron chi connectivity index (χ3n) is 1.88. The molecule has 1 unspecified atom stereocenters. The Bertz CT molecular complexity index is 362. The minimum absolute atomic E-state index is 0.345. The van der Waals surface area contributed by atoms with Crippen LogP contribution in [0.4, 0.5) is 4.39 Å². The van der Waals surface area contributed by atoms with E-state index >= 15 is 0 Å². The van der Waals surface area contributed by atoms with E-state index in [4.69, 9.17) is 0 Å². The zero-order chi connectivity index (χ0) is 11.3. The number of oxime groups is 1. The zero-order valence-electron chi connectivity index (χ0n) is 8.48. The van der Waals surface area contributed by atoms with E-state index in [1.165, 1.54) is 31.4 Å². The molecule has 0 aliphatic heterocycles. The lowest BCUT2D eigenvalue weighted by Gasteiger charge is -2.06. The Morgan fingerprint density at radius 1 is 1.40 bits per heavy atom. The summed E-state index contributed by atoms with van der Waals surface area (Å²) in [7, 11) is 1.38. The average Bonchev–Trinajstić information content (AvgIpc) is 2.26. The first-order valence-electron chi connectivity index (χ1n) is 4.38. The first-order chi connectivity index (χ1) is 7.19. The van der Waals surface area contributed by atoms with Crippen molar-refractivity contribution in [3.05, 3.63) is 40.6 Å². The molecule has 0 amide bonds. The quantitative estimate of drug-likeness (QED) is 0.435. The van der Waals surface area contributed by atoms with Gasteiger partial charge < -0.3 is 4.84 Å². The van der Waals surface area contributed by atoms with Crippen molar-refractivity contribution in [3.8, 4) is 0 Å². The molecule has 1 atom stereocenters. The fourth-order valence-corrected chi connectivity index (χ4v) is 1.14. The lowest BCUT2D eigenvalue weighted by atomic mass is 10.1. The van der Waals surface area contributed by atoms with Gasteiger partial charge in [-0.3, -0.25) is 0 Å². The molecule has 0 aliphatic rings. The molecular formula is C10H11FN2O2. The molecule has 1 aromatic rings. The van der Waals surface area contributed by atoms with Gasteiger partial charge in [0.05, 0.1) is 0 Å². The Morgan fingerprint density at radius 2 is 2.00 bits per heavy atom. The molecule has 1 rings (SSSR count). The second-order valence-corrected chi connectivity index (χ2v) is 2.95. The number of halogens is 1. The van der Waals surface area contributed by atoms with Crippen LogP contribution < -0.4 is 0 Å². The SMILES string of the molecule is CON=C(c1ccc(F)cc1)C(C)N=O. The zero-order valence-corrected chi connectivity index (χ0v) is 8.48. The summed E-state index contributed by atoms with van der Waals surface area (Å²) < 4.78 is 12.7. The Balaban J connectivity index is 3.04. The number of hydrogen-bond donors (Lipinski definition) is 0. The molecule has 4 nitrogen and oxygen atoms in total. The molecular weight excluding hydrogens is 199 g/mol. The Hall–Kier alpha value is -1.78. The standard InChI is InChI=1S/C10H11FN2O2/c1-7(12-14)10(13-15-2)8-3-5-9(11)6-4-8/h3-7H,1-2H3. The highest BCUT2D eigenvalue weighted by Gasteiger charge is 2.14. The van der Waals surface area contributed by atoms with Crippen molar-refractivity contribution in [2.75, 3.05) is 7.11 Å². The Labute approximate surface area is 86.7 Å². The topological polar surface area (TPSA) is 51.0 Å². The van der Waals surface area contributed by atoms with Gasteiger partial charge in [0.2, 0.25) is 0 Å². The Morgan fingerprint density at radius 3 is 2.47 bits per heavy atom. The van der Waals surface area contributed by atoms with Gasteiger partial charge in [-0.2, -0.15) is 4.91 Å². The fraction of sp³-hybridized carbons (Fsp3) is 0.300. The highest BCUT2D eigenvalue weighted by molar-refractivity contribution is 6.03. The minimum Gasteiger partial charge on any atom is -0.399 e. The summed E-state index contributed by atoms with van der Waals surface area (Å²) in [5.74, 6) is -0.345. The largest absolute Gasteiger partial charge is 0.399 e. The van der Waals surface area contributed by atoms with Crippen LogP contribution in [0.15, 0.2) is 34.6 Å². The maximum absolute atomic E-state index is 12.7. The molecule has 0 bridgehead atoms. The maximum atomic E-state index is 12.7. The van der Waals surface area contributed by atoms with Gasteiger partial charge in [-0.1, -0.05) is 22.5 Å². The number of rotatable bonds is 4. The van der Waals surface area contributed by atoms with E-state index in [1.54, 1.807) is 6.92 Å². The summed E-state index contributed by atoms with van der Waals surface area (Å²) in [6, 6.07) is 5.00. The predicted octanol–water partition coefficient (Wildman–Crippen LogP) is 2.33. The van der Waals surface area contributed by atoms with Crippen LogP contribution >= 0.6 is 0 Å². The van der Waals surface area contributed by atoms with Gasteiger partial charge in [0, 0.05) is 5.56 Å². The summed E-state index contributed by atoms with van der Waals surface area (Å²) in [6.07, 6.45) is 0. The van der Waals surface area contributed by atoms with E-state index in [-0.39, 0.29) is 5.82 Å². The first kappa shape index (κ1) is 11.3. The van der Waals surface area contributed by atoms with Crippen molar-refractivity contribution in [3.63, 3.8) is 0 Å². The normalized spacial score (nSPS) is 13.4. The van der Waals surface area contributed by atoms with E-state index in [9.17, 15) is 9.30 Å². The van der Waals surface area contributed by atoms with E-state index in [0.717, 1.165) is 0 Å². The predicted molar refractivity (Wildman–Crippen MR) is 55.2 cm³/mol. The summed E-state index contributed by atoms with van der Waals surface area (Å²) in [5.41, 5.74) is 0.998. The maximum Gasteiger partial charge on any atom is 0.135 e. The molecule has 15 heavy (non-hydrogen) atoms. The van der Waals surface area contributed by atoms with E-state index in [0.29, 0.717) is 11.3 Å². The van der Waals surface area contributed by atoms with Crippen LogP contribution in [-0.4, -0.2) is 18.9 Å². The fourth-order valence-electron chi connectivity index (χ4n) is 1.14. The summed E-state index contributed by atoms with van der Waals surface area (Å²) in [4.78, 5) is 15.0. The van der Waals surface area contributed by atoms with Crippen LogP contribution in [0.5, 0.6) is 0 Å². The third kappa shape index (κ3) is 2.83. The van der Waals surface area contributed by atoms with Gasteiger partial charge in [0.25, 0.3) is 0 Å². The van der Waals surface area contributed by atoms with Crippen LogP contribution in [-0.2, 0) is 4.84 Å². The van der Waals surface area contributed by atoms with Crippen molar-refractivity contribution in [2.24, 2.45) is 10.3 Å². The molecule has 80 valence electrons. The third-order valence-corrected chi connectivity index (χ3v) is 1.88. The molecule has 5 heteroatoms. The van der Waals surface area contributed by atoms with Crippen LogP contribution in [0.2, 0.25) is 0 Å². The number of benzene rings is 1. The van der Waals surface area contributed by atoms with Gasteiger partial charge in [0.1, 0.15) is 24.7 Å². The summed E-state index contributed by atoms with van der Waals surface area (Å²) in [5, 5.41) is 6.55. The average molecular weight is 210 g/mol. The number of nitroso groups, excluding NO2 is 1. The monoisotopic (exact) mass is 210 g/mol. The molecule has 0 N–H and O–H groups in total. The number of nitrogens with zero attached hydrogens (tertiary/aromatic N) is 2. The molecule has 0 saturated carbocycles. The van der Waals surface area contributed by atoms with Crippen molar-refractivity contribution >= 4 is 5.71 Å². The second-order valence-electron chi connectivity index (χ2n) is 2.95. The highest BCUT2D eigenvalue weighted by atomic mass is 19.1. The second kappa shape index (κ2) is 5.19. The molecule has 0 aliphatic carbocycles. The molecule has 0 heterocycles. The number of hydrogen-bond acceptors (Lipinski definition) is 4. The van der Waals surface area contributed by atoms with Gasteiger partial charge in [0.15, 0.2) is 0 Å². The van der Waals surface area contributed by atoms with Crippen LogP contribution in [0, 0.1) is 10.7 Å². The van der Waals surface area contributed by atoms with E-state index < -0.39 is 6.04 Å². The van der Waals surface area contributed by atoms with Crippen LogP contribution in [0.3, 0.4) is 0 Å². The van der Waals surface area contributed by atoms with Gasteiger partial charge in [-0.15, -0.1) is 0 Å². The molecule has 0 aromatic heterocycles. The molecule has 0 saturated heterocycles. The van der Waals surface area contributed by atoms with Crippen molar-refractivity contribution < 1.29 is 9.23 Å². The summed E-state index contributed by atoms with van der Waals surface area (Å²) >= 11 is 0. The molecule has 0 radical (unpaired) electrons. The van der Waals surface area contributed by atoms with E-state index in [2.05, 4.69) is 15.2 Å². The lowest BCUT2D eigenvalue weighted by molar-refractivity contribution is 0.212. The minimum atomic E-state index is -0.629. The lowest BCUT2D eigenvalue weighted by Crippen LogP contribution is -2.16. The van der Waals surface area contributed by atoms with Crippen molar-refractivity contribution in [2.45, 2.75) is 13.0 Å². The Kier molecular flexibility index (Phi) is 3.91. The highest BCUT2D eigenvalue weighted by Crippen LogP contribution is 2.09.